The van der Waals surface area contributed by atoms with Crippen LogP contribution in [0.1, 0.15) is 64.8 Å². The number of carbonyl (C=O) groups is 3. The number of carbonyl (C=O) groups excluding carboxylic acids is 3. The number of esters is 1. The van der Waals surface area contributed by atoms with Crippen molar-refractivity contribution in [1.82, 2.24) is 4.98 Å². The van der Waals surface area contributed by atoms with Crippen molar-refractivity contribution in [2.75, 3.05) is 25.2 Å². The first kappa shape index (κ1) is 28.8. The van der Waals surface area contributed by atoms with Gasteiger partial charge < -0.3 is 19.3 Å². The summed E-state index contributed by atoms with van der Waals surface area (Å²) >= 11 is 0.952. The molecule has 1 fully saturated rings. The van der Waals surface area contributed by atoms with E-state index in [1.165, 1.54) is 12.0 Å². The van der Waals surface area contributed by atoms with Gasteiger partial charge in [-0.2, -0.15) is 0 Å². The van der Waals surface area contributed by atoms with Gasteiger partial charge in [0.25, 0.3) is 5.78 Å². The number of ketones is 1. The van der Waals surface area contributed by atoms with Crippen molar-refractivity contribution < 1.29 is 33.7 Å². The summed E-state index contributed by atoms with van der Waals surface area (Å²) in [6.07, 6.45) is 1.69. The van der Waals surface area contributed by atoms with Crippen LogP contribution in [0.2, 0.25) is 0 Å². The van der Waals surface area contributed by atoms with E-state index in [4.69, 9.17) is 14.2 Å². The van der Waals surface area contributed by atoms with Gasteiger partial charge in [0.05, 0.1) is 37.6 Å². The number of hydrogen-bond donors (Lipinski definition) is 1. The first-order valence-electron chi connectivity index (χ1n) is 13.0. The van der Waals surface area contributed by atoms with Gasteiger partial charge in [-0.15, -0.1) is 0 Å². The van der Waals surface area contributed by atoms with E-state index < -0.39 is 23.7 Å². The van der Waals surface area contributed by atoms with Gasteiger partial charge in [0, 0.05) is 5.56 Å². The minimum Gasteiger partial charge on any atom is -0.507 e. The number of hydrogen-bond acceptors (Lipinski definition) is 9. The number of aromatic nitrogens is 1. The molecule has 0 saturated carbocycles. The molecular formula is C30H32N2O7S. The lowest BCUT2D eigenvalue weighted by molar-refractivity contribution is -0.132. The molecule has 2 aromatic carbocycles. The molecule has 0 aliphatic carbocycles. The van der Waals surface area contributed by atoms with Gasteiger partial charge >= 0.3 is 11.9 Å². The third kappa shape index (κ3) is 5.58. The second kappa shape index (κ2) is 12.3. The van der Waals surface area contributed by atoms with E-state index >= 15 is 0 Å². The molecule has 0 spiro atoms. The zero-order chi connectivity index (χ0) is 29.0. The molecule has 210 valence electrons. The van der Waals surface area contributed by atoms with Crippen molar-refractivity contribution in [1.29, 1.82) is 0 Å². The molecule has 1 N–H and O–H groups in total. The van der Waals surface area contributed by atoms with Gasteiger partial charge in [0.1, 0.15) is 22.1 Å². The van der Waals surface area contributed by atoms with Gasteiger partial charge in [-0.3, -0.25) is 14.5 Å². The fourth-order valence-electron chi connectivity index (χ4n) is 4.44. The number of ether oxygens (including phenoxy) is 3. The molecule has 0 radical (unpaired) electrons. The normalized spacial score (nSPS) is 16.3. The Morgan fingerprint density at radius 3 is 2.23 bits per heavy atom. The molecule has 3 aromatic rings. The van der Waals surface area contributed by atoms with E-state index in [1.54, 1.807) is 56.3 Å². The maximum Gasteiger partial charge on any atom is 0.350 e. The van der Waals surface area contributed by atoms with Crippen molar-refractivity contribution >= 4 is 39.9 Å². The predicted molar refractivity (Wildman–Crippen MR) is 152 cm³/mol. The Kier molecular flexibility index (Phi) is 8.89. The number of aryl methyl sites for hydroxylation is 2. The minimum atomic E-state index is -0.994. The summed E-state index contributed by atoms with van der Waals surface area (Å²) in [5.41, 5.74) is 1.94. The highest BCUT2D eigenvalue weighted by Crippen LogP contribution is 2.44. The quantitative estimate of drug-likeness (QED) is 0.143. The number of anilines is 1. The summed E-state index contributed by atoms with van der Waals surface area (Å²) in [7, 11) is 1.26. The molecule has 10 heteroatoms. The number of thiazole rings is 1. The highest BCUT2D eigenvalue weighted by atomic mass is 32.1. The van der Waals surface area contributed by atoms with Crippen molar-refractivity contribution in [3.63, 3.8) is 0 Å². The smallest absolute Gasteiger partial charge is 0.350 e. The van der Waals surface area contributed by atoms with Crippen molar-refractivity contribution in [3.05, 3.63) is 75.3 Å². The first-order valence-corrected chi connectivity index (χ1v) is 13.9. The highest BCUT2D eigenvalue weighted by Gasteiger charge is 2.48. The Bertz CT molecular complexity index is 1460. The van der Waals surface area contributed by atoms with Crippen LogP contribution < -0.4 is 14.4 Å². The molecule has 1 amide bonds. The van der Waals surface area contributed by atoms with Crippen molar-refractivity contribution in [2.45, 2.75) is 46.6 Å². The third-order valence-corrected chi connectivity index (χ3v) is 7.54. The minimum absolute atomic E-state index is 0.0787. The molecule has 9 nitrogen and oxygen atoms in total. The lowest BCUT2D eigenvalue weighted by atomic mass is 9.94. The highest BCUT2D eigenvalue weighted by molar-refractivity contribution is 7.17. The Morgan fingerprint density at radius 2 is 1.62 bits per heavy atom. The lowest BCUT2D eigenvalue weighted by Crippen LogP contribution is -2.29. The number of aliphatic hydroxyl groups is 1. The molecule has 40 heavy (non-hydrogen) atoms. The lowest BCUT2D eigenvalue weighted by Gasteiger charge is -2.23. The van der Waals surface area contributed by atoms with E-state index in [-0.39, 0.29) is 21.3 Å². The number of amides is 1. The number of aliphatic hydroxyl groups excluding tert-OH is 1. The summed E-state index contributed by atoms with van der Waals surface area (Å²) in [6.45, 7) is 8.53. The van der Waals surface area contributed by atoms with Gasteiger partial charge in [0.2, 0.25) is 0 Å². The maximum atomic E-state index is 13.5. The van der Waals surface area contributed by atoms with Crippen LogP contribution in [0.15, 0.2) is 48.0 Å². The van der Waals surface area contributed by atoms with Crippen LogP contribution >= 0.6 is 11.3 Å². The molecule has 0 unspecified atom stereocenters. The van der Waals surface area contributed by atoms with Gasteiger partial charge in [0.15, 0.2) is 5.13 Å². The summed E-state index contributed by atoms with van der Waals surface area (Å²) in [5, 5.41) is 11.7. The first-order chi connectivity index (χ1) is 19.2. The Balaban J connectivity index is 1.86. The fraction of sp³-hybridized carbons (Fsp3) is 0.333. The van der Waals surface area contributed by atoms with Crippen LogP contribution in [0.25, 0.3) is 5.76 Å². The van der Waals surface area contributed by atoms with Crippen LogP contribution in [0.3, 0.4) is 0 Å². The van der Waals surface area contributed by atoms with Gasteiger partial charge in [-0.05, 0) is 68.1 Å². The summed E-state index contributed by atoms with van der Waals surface area (Å²) in [6, 6.07) is 11.2. The van der Waals surface area contributed by atoms with Crippen molar-refractivity contribution in [2.24, 2.45) is 0 Å². The molecule has 0 bridgehead atoms. The van der Waals surface area contributed by atoms with Crippen LogP contribution in [0.4, 0.5) is 5.13 Å². The topological polar surface area (TPSA) is 115 Å². The largest absolute Gasteiger partial charge is 0.507 e. The summed E-state index contributed by atoms with van der Waals surface area (Å²) < 4.78 is 16.2. The average molecular weight is 565 g/mol. The number of nitrogens with zero attached hydrogens (tertiary/aromatic N) is 2. The summed E-state index contributed by atoms with van der Waals surface area (Å²) in [5.74, 6) is -1.33. The molecule has 4 rings (SSSR count). The Labute approximate surface area is 237 Å². The number of Topliss-reactive ketones (excluding diaryl/α,β-unsaturated/α-hetero) is 1. The van der Waals surface area contributed by atoms with Crippen LogP contribution in [0.5, 0.6) is 11.5 Å². The van der Waals surface area contributed by atoms with E-state index in [0.717, 1.165) is 24.2 Å². The van der Waals surface area contributed by atoms with Crippen LogP contribution in [-0.2, 0) is 14.3 Å². The van der Waals surface area contributed by atoms with E-state index in [2.05, 4.69) is 4.98 Å². The standard InChI is InChI=1S/C30H32N2O7S/c1-6-14-38-20-10-8-19(9-11-20)24-23(25(33)22-13-12-21(16-17(22)3)39-15-7-2)26(34)28(35)32(24)30-31-18(4)27(40-30)29(36)37-5/h8-13,16,24,33H,6-7,14-15H2,1-5H3/t24-/m0/s1. The Hall–Kier alpha value is -4.18. The van der Waals surface area contributed by atoms with Gasteiger partial charge in [-0.25, -0.2) is 9.78 Å². The van der Waals surface area contributed by atoms with E-state index in [1.807, 2.05) is 13.8 Å². The number of benzene rings is 2. The van der Waals surface area contributed by atoms with Crippen LogP contribution in [0, 0.1) is 13.8 Å². The molecule has 1 saturated heterocycles. The van der Waals surface area contributed by atoms with Crippen molar-refractivity contribution in [3.8, 4) is 11.5 Å². The number of methoxy groups -OCH3 is 1. The van der Waals surface area contributed by atoms with E-state index in [9.17, 15) is 19.5 Å². The van der Waals surface area contributed by atoms with Gasteiger partial charge in [-0.1, -0.05) is 37.3 Å². The third-order valence-electron chi connectivity index (χ3n) is 6.40. The predicted octanol–water partition coefficient (Wildman–Crippen LogP) is 5.75. The maximum absolute atomic E-state index is 13.5. The second-order valence-corrected chi connectivity index (χ2v) is 10.3. The molecule has 1 aliphatic rings. The molecule has 1 atom stereocenters. The zero-order valence-electron chi connectivity index (χ0n) is 23.1. The zero-order valence-corrected chi connectivity index (χ0v) is 24.0. The average Bonchev–Trinajstić information content (AvgIpc) is 3.46. The number of rotatable bonds is 10. The fourth-order valence-corrected chi connectivity index (χ4v) is 5.45. The SMILES string of the molecule is CCCOc1ccc([C@H]2C(=C(O)c3ccc(OCCC)cc3C)C(=O)C(=O)N2c2nc(C)c(C(=O)OC)s2)cc1. The molecule has 2 heterocycles. The molecule has 1 aliphatic heterocycles. The monoisotopic (exact) mass is 564 g/mol. The molecule has 1 aromatic heterocycles. The molecular weight excluding hydrogens is 532 g/mol. The van der Waals surface area contributed by atoms with Crippen LogP contribution in [-0.4, -0.2) is 48.1 Å². The summed E-state index contributed by atoms with van der Waals surface area (Å²) in [4.78, 5) is 45.2. The second-order valence-electron chi connectivity index (χ2n) is 9.31. The Morgan fingerprint density at radius 1 is 1.00 bits per heavy atom. The van der Waals surface area contributed by atoms with E-state index in [0.29, 0.717) is 47.1 Å².